The average Bonchev–Trinajstić information content (AvgIpc) is 2.05. The SMILES string of the molecule is Clc1cc2ccc(Cl)nc2cn1. The smallest absolute Gasteiger partial charge is 0.129 e. The molecule has 0 aliphatic carbocycles. The fourth-order valence-corrected chi connectivity index (χ4v) is 1.30. The van der Waals surface area contributed by atoms with E-state index in [0.717, 1.165) is 10.9 Å². The molecule has 0 saturated heterocycles. The Bertz CT molecular complexity index is 387. The highest BCUT2D eigenvalue weighted by Crippen LogP contribution is 2.16. The van der Waals surface area contributed by atoms with E-state index < -0.39 is 0 Å². The van der Waals surface area contributed by atoms with Crippen LogP contribution >= 0.6 is 23.2 Å². The van der Waals surface area contributed by atoms with Crippen molar-refractivity contribution in [2.75, 3.05) is 0 Å². The Morgan fingerprint density at radius 2 is 1.92 bits per heavy atom. The van der Waals surface area contributed by atoms with Crippen LogP contribution in [0, 0.1) is 0 Å². The summed E-state index contributed by atoms with van der Waals surface area (Å²) in [6, 6.07) is 5.33. The van der Waals surface area contributed by atoms with Crippen molar-refractivity contribution in [2.24, 2.45) is 0 Å². The van der Waals surface area contributed by atoms with Gasteiger partial charge in [-0.15, -0.1) is 0 Å². The zero-order chi connectivity index (χ0) is 8.55. The van der Waals surface area contributed by atoms with Gasteiger partial charge in [0.05, 0.1) is 11.7 Å². The molecule has 0 bridgehead atoms. The van der Waals surface area contributed by atoms with E-state index in [-0.39, 0.29) is 0 Å². The number of fused-ring (bicyclic) bond motifs is 1. The van der Waals surface area contributed by atoms with Gasteiger partial charge in [0, 0.05) is 5.39 Å². The summed E-state index contributed by atoms with van der Waals surface area (Å²) < 4.78 is 0. The van der Waals surface area contributed by atoms with Gasteiger partial charge in [-0.05, 0) is 18.2 Å². The number of hydrogen-bond acceptors (Lipinski definition) is 2. The van der Waals surface area contributed by atoms with E-state index in [1.54, 1.807) is 18.3 Å². The molecule has 0 atom stereocenters. The molecule has 2 heterocycles. The molecular formula is C8H4Cl2N2. The van der Waals surface area contributed by atoms with Crippen LogP contribution in [0.2, 0.25) is 10.3 Å². The van der Waals surface area contributed by atoms with Crippen molar-refractivity contribution in [3.8, 4) is 0 Å². The summed E-state index contributed by atoms with van der Waals surface area (Å²) in [6.07, 6.45) is 1.60. The second-order valence-electron chi connectivity index (χ2n) is 2.33. The molecule has 0 aliphatic rings. The Hall–Kier alpha value is -0.860. The van der Waals surface area contributed by atoms with Crippen LogP contribution in [0.25, 0.3) is 10.9 Å². The van der Waals surface area contributed by atoms with Gasteiger partial charge in [0.15, 0.2) is 0 Å². The number of nitrogens with zero attached hydrogens (tertiary/aromatic N) is 2. The maximum atomic E-state index is 5.69. The third kappa shape index (κ3) is 1.36. The van der Waals surface area contributed by atoms with Crippen LogP contribution < -0.4 is 0 Å². The van der Waals surface area contributed by atoms with E-state index in [2.05, 4.69) is 9.97 Å². The first-order valence-corrected chi connectivity index (χ1v) is 4.09. The molecule has 0 fully saturated rings. The fourth-order valence-electron chi connectivity index (χ4n) is 0.975. The summed E-state index contributed by atoms with van der Waals surface area (Å²) in [4.78, 5) is 7.95. The van der Waals surface area contributed by atoms with Crippen molar-refractivity contribution in [3.05, 3.63) is 34.7 Å². The number of rotatable bonds is 0. The number of halogens is 2. The largest absolute Gasteiger partial charge is 0.242 e. The van der Waals surface area contributed by atoms with Gasteiger partial charge in [-0.1, -0.05) is 23.2 Å². The van der Waals surface area contributed by atoms with Gasteiger partial charge in [0.2, 0.25) is 0 Å². The predicted octanol–water partition coefficient (Wildman–Crippen LogP) is 2.94. The highest BCUT2D eigenvalue weighted by atomic mass is 35.5. The minimum Gasteiger partial charge on any atom is -0.242 e. The van der Waals surface area contributed by atoms with Gasteiger partial charge in [-0.3, -0.25) is 0 Å². The molecule has 2 aromatic heterocycles. The van der Waals surface area contributed by atoms with E-state index in [1.165, 1.54) is 0 Å². The van der Waals surface area contributed by atoms with Crippen molar-refractivity contribution >= 4 is 34.1 Å². The van der Waals surface area contributed by atoms with Crippen LogP contribution in [-0.4, -0.2) is 9.97 Å². The predicted molar refractivity (Wildman–Crippen MR) is 49.6 cm³/mol. The lowest BCUT2D eigenvalue weighted by Gasteiger charge is -1.96. The first kappa shape index (κ1) is 7.77. The maximum absolute atomic E-state index is 5.69. The maximum Gasteiger partial charge on any atom is 0.129 e. The topological polar surface area (TPSA) is 25.8 Å². The van der Waals surface area contributed by atoms with E-state index in [9.17, 15) is 0 Å². The van der Waals surface area contributed by atoms with Crippen molar-refractivity contribution < 1.29 is 0 Å². The minimum absolute atomic E-state index is 0.464. The number of aromatic nitrogens is 2. The Kier molecular flexibility index (Phi) is 1.87. The summed E-state index contributed by atoms with van der Waals surface area (Å²) in [6.45, 7) is 0. The normalized spacial score (nSPS) is 10.5. The molecule has 0 amide bonds. The van der Waals surface area contributed by atoms with Crippen LogP contribution in [0.4, 0.5) is 0 Å². The van der Waals surface area contributed by atoms with E-state index in [1.807, 2.05) is 6.07 Å². The van der Waals surface area contributed by atoms with Crippen LogP contribution in [0.15, 0.2) is 24.4 Å². The van der Waals surface area contributed by atoms with Crippen LogP contribution in [0.3, 0.4) is 0 Å². The molecule has 2 nitrogen and oxygen atoms in total. The monoisotopic (exact) mass is 198 g/mol. The van der Waals surface area contributed by atoms with E-state index in [0.29, 0.717) is 10.3 Å². The molecule has 0 unspecified atom stereocenters. The van der Waals surface area contributed by atoms with E-state index >= 15 is 0 Å². The average molecular weight is 199 g/mol. The molecule has 0 saturated carbocycles. The molecule has 0 radical (unpaired) electrons. The lowest BCUT2D eigenvalue weighted by molar-refractivity contribution is 1.31. The van der Waals surface area contributed by atoms with Crippen LogP contribution in [0.1, 0.15) is 0 Å². The first-order valence-electron chi connectivity index (χ1n) is 3.33. The molecule has 0 spiro atoms. The zero-order valence-corrected chi connectivity index (χ0v) is 7.47. The minimum atomic E-state index is 0.464. The van der Waals surface area contributed by atoms with Gasteiger partial charge in [-0.2, -0.15) is 0 Å². The highest BCUT2D eigenvalue weighted by molar-refractivity contribution is 6.30. The molecule has 0 aromatic carbocycles. The second-order valence-corrected chi connectivity index (χ2v) is 3.11. The van der Waals surface area contributed by atoms with Gasteiger partial charge >= 0.3 is 0 Å². The van der Waals surface area contributed by atoms with Gasteiger partial charge in [0.1, 0.15) is 10.3 Å². The van der Waals surface area contributed by atoms with Gasteiger partial charge in [0.25, 0.3) is 0 Å². The third-order valence-corrected chi connectivity index (χ3v) is 1.93. The first-order chi connectivity index (χ1) is 5.75. The Balaban J connectivity index is 2.79. The Labute approximate surface area is 79.2 Å². The van der Waals surface area contributed by atoms with Crippen LogP contribution in [0.5, 0.6) is 0 Å². The summed E-state index contributed by atoms with van der Waals surface area (Å²) in [7, 11) is 0. The van der Waals surface area contributed by atoms with Gasteiger partial charge < -0.3 is 0 Å². The van der Waals surface area contributed by atoms with Crippen molar-refractivity contribution in [3.63, 3.8) is 0 Å². The number of pyridine rings is 2. The summed E-state index contributed by atoms with van der Waals surface area (Å²) in [5.74, 6) is 0. The third-order valence-electron chi connectivity index (χ3n) is 1.51. The summed E-state index contributed by atoms with van der Waals surface area (Å²) in [5.41, 5.74) is 0.756. The highest BCUT2D eigenvalue weighted by Gasteiger charge is 1.97. The van der Waals surface area contributed by atoms with Gasteiger partial charge in [-0.25, -0.2) is 9.97 Å². The molecule has 2 aromatic rings. The van der Waals surface area contributed by atoms with Crippen molar-refractivity contribution in [1.29, 1.82) is 0 Å². The zero-order valence-electron chi connectivity index (χ0n) is 5.96. The molecule has 0 aliphatic heterocycles. The molecular weight excluding hydrogens is 195 g/mol. The number of hydrogen-bond donors (Lipinski definition) is 0. The Morgan fingerprint density at radius 1 is 1.08 bits per heavy atom. The Morgan fingerprint density at radius 3 is 2.75 bits per heavy atom. The molecule has 2 rings (SSSR count). The quantitative estimate of drug-likeness (QED) is 0.609. The lowest BCUT2D eigenvalue weighted by atomic mass is 10.3. The fraction of sp³-hybridized carbons (Fsp3) is 0. The second kappa shape index (κ2) is 2.88. The molecule has 60 valence electrons. The van der Waals surface area contributed by atoms with E-state index in [4.69, 9.17) is 23.2 Å². The van der Waals surface area contributed by atoms with Crippen LogP contribution in [-0.2, 0) is 0 Å². The molecule has 12 heavy (non-hydrogen) atoms. The van der Waals surface area contributed by atoms with Crippen molar-refractivity contribution in [1.82, 2.24) is 9.97 Å². The summed E-state index contributed by atoms with van der Waals surface area (Å²) in [5, 5.41) is 1.87. The standard InChI is InChI=1S/C8H4Cl2N2/c9-7-2-1-5-3-8(10)11-4-6(5)12-7/h1-4H. The molecule has 0 N–H and O–H groups in total. The summed E-state index contributed by atoms with van der Waals surface area (Å²) >= 11 is 11.4. The van der Waals surface area contributed by atoms with Crippen molar-refractivity contribution in [2.45, 2.75) is 0 Å². The lowest BCUT2D eigenvalue weighted by Crippen LogP contribution is -1.81. The molecule has 4 heteroatoms.